The predicted molar refractivity (Wildman–Crippen MR) is 72.5 cm³/mol. The van der Waals surface area contributed by atoms with Gasteiger partial charge in [0.2, 0.25) is 5.91 Å². The van der Waals surface area contributed by atoms with Crippen molar-refractivity contribution >= 4 is 28.8 Å². The van der Waals surface area contributed by atoms with Gasteiger partial charge in [0.25, 0.3) is 0 Å². The first-order valence-corrected chi connectivity index (χ1v) is 7.39. The molecule has 1 amide bonds. The predicted octanol–water partition coefficient (Wildman–Crippen LogP) is 3.07. The Balaban J connectivity index is 2.51. The first-order chi connectivity index (χ1) is 8.21. The van der Waals surface area contributed by atoms with Gasteiger partial charge in [0.05, 0.1) is 18.0 Å². The van der Waals surface area contributed by atoms with Gasteiger partial charge in [-0.3, -0.25) is 4.79 Å². The molecule has 0 unspecified atom stereocenters. The zero-order chi connectivity index (χ0) is 12.7. The fourth-order valence-electron chi connectivity index (χ4n) is 1.54. The highest BCUT2D eigenvalue weighted by molar-refractivity contribution is 7.09. The minimum absolute atomic E-state index is 0.163. The van der Waals surface area contributed by atoms with Crippen LogP contribution in [0.25, 0.3) is 0 Å². The van der Waals surface area contributed by atoms with Gasteiger partial charge in [-0.2, -0.15) is 0 Å². The number of carbonyl (C=O) groups is 1. The van der Waals surface area contributed by atoms with Crippen molar-refractivity contribution in [3.8, 4) is 0 Å². The van der Waals surface area contributed by atoms with Gasteiger partial charge in [0.15, 0.2) is 0 Å². The van der Waals surface area contributed by atoms with Crippen molar-refractivity contribution < 1.29 is 4.79 Å². The van der Waals surface area contributed by atoms with Crippen molar-refractivity contribution in [2.24, 2.45) is 0 Å². The van der Waals surface area contributed by atoms with E-state index in [1.165, 1.54) is 11.3 Å². The molecule has 0 fully saturated rings. The molecule has 0 saturated heterocycles. The molecule has 5 heteroatoms. The Kier molecular flexibility index (Phi) is 6.52. The average Bonchev–Trinajstić information content (AvgIpc) is 2.77. The van der Waals surface area contributed by atoms with Crippen molar-refractivity contribution in [3.63, 3.8) is 0 Å². The number of rotatable bonds is 7. The number of thiazole rings is 1. The third kappa shape index (κ3) is 4.64. The second kappa shape index (κ2) is 7.67. The van der Waals surface area contributed by atoms with Crippen molar-refractivity contribution in [2.45, 2.75) is 39.0 Å². The van der Waals surface area contributed by atoms with Gasteiger partial charge in [-0.05, 0) is 13.3 Å². The number of aromatic nitrogens is 1. The summed E-state index contributed by atoms with van der Waals surface area (Å²) >= 11 is 7.20. The zero-order valence-electron chi connectivity index (χ0n) is 10.4. The smallest absolute Gasteiger partial charge is 0.229 e. The Bertz CT molecular complexity index is 354. The first-order valence-electron chi connectivity index (χ1n) is 5.98. The standard InChI is InChI=1S/C12H19ClN2OS/c1-3-5-6-15(4-2)12(16)7-11-14-10(8-13)9-17-11/h9H,3-8H2,1-2H3. The molecule has 0 bridgehead atoms. The third-order valence-corrected chi connectivity index (χ3v) is 3.73. The Labute approximate surface area is 112 Å². The minimum atomic E-state index is 0.163. The van der Waals surface area contributed by atoms with Crippen molar-refractivity contribution in [3.05, 3.63) is 16.1 Å². The number of hydrogen-bond acceptors (Lipinski definition) is 3. The summed E-state index contributed by atoms with van der Waals surface area (Å²) in [7, 11) is 0. The van der Waals surface area contributed by atoms with Crippen LogP contribution >= 0.6 is 22.9 Å². The summed E-state index contributed by atoms with van der Waals surface area (Å²) < 4.78 is 0. The molecule has 1 heterocycles. The number of hydrogen-bond donors (Lipinski definition) is 0. The van der Waals surface area contributed by atoms with Crippen LogP contribution in [0.15, 0.2) is 5.38 Å². The van der Waals surface area contributed by atoms with E-state index in [4.69, 9.17) is 11.6 Å². The minimum Gasteiger partial charge on any atom is -0.343 e. The Morgan fingerprint density at radius 3 is 2.82 bits per heavy atom. The highest BCUT2D eigenvalue weighted by Gasteiger charge is 2.13. The third-order valence-electron chi connectivity index (χ3n) is 2.55. The first kappa shape index (κ1) is 14.5. The maximum Gasteiger partial charge on any atom is 0.229 e. The lowest BCUT2D eigenvalue weighted by atomic mass is 10.3. The average molecular weight is 275 g/mol. The molecule has 3 nitrogen and oxygen atoms in total. The number of alkyl halides is 1. The zero-order valence-corrected chi connectivity index (χ0v) is 12.0. The second-order valence-corrected chi connectivity index (χ2v) is 5.08. The van der Waals surface area contributed by atoms with Crippen LogP contribution in [0.5, 0.6) is 0 Å². The summed E-state index contributed by atoms with van der Waals surface area (Å²) in [4.78, 5) is 18.2. The van der Waals surface area contributed by atoms with Crippen LogP contribution in [0.2, 0.25) is 0 Å². The van der Waals surface area contributed by atoms with E-state index < -0.39 is 0 Å². The fraction of sp³-hybridized carbons (Fsp3) is 0.667. The highest BCUT2D eigenvalue weighted by atomic mass is 35.5. The maximum atomic E-state index is 12.0. The number of nitrogens with zero attached hydrogens (tertiary/aromatic N) is 2. The van der Waals surface area contributed by atoms with E-state index in [0.29, 0.717) is 12.3 Å². The van der Waals surface area contributed by atoms with Crippen LogP contribution < -0.4 is 0 Å². The lowest BCUT2D eigenvalue weighted by Crippen LogP contribution is -2.32. The van der Waals surface area contributed by atoms with Crippen LogP contribution in [0.4, 0.5) is 0 Å². The summed E-state index contributed by atoms with van der Waals surface area (Å²) in [6.45, 7) is 5.76. The molecule has 0 saturated carbocycles. The van der Waals surface area contributed by atoms with Crippen LogP contribution in [0.3, 0.4) is 0 Å². The number of likely N-dealkylation sites (N-methyl/N-ethyl adjacent to an activating group) is 1. The molecule has 1 aromatic heterocycles. The Morgan fingerprint density at radius 1 is 1.53 bits per heavy atom. The molecule has 0 aliphatic heterocycles. The highest BCUT2D eigenvalue weighted by Crippen LogP contribution is 2.13. The van der Waals surface area contributed by atoms with E-state index in [-0.39, 0.29) is 5.91 Å². The summed E-state index contributed by atoms with van der Waals surface area (Å²) in [5.74, 6) is 0.578. The monoisotopic (exact) mass is 274 g/mol. The molecular weight excluding hydrogens is 256 g/mol. The van der Waals surface area contributed by atoms with Gasteiger partial charge >= 0.3 is 0 Å². The van der Waals surface area contributed by atoms with Crippen LogP contribution in [0.1, 0.15) is 37.4 Å². The van der Waals surface area contributed by atoms with E-state index in [1.54, 1.807) is 0 Å². The Hall–Kier alpha value is -0.610. The summed E-state index contributed by atoms with van der Waals surface area (Å²) in [6.07, 6.45) is 2.57. The van der Waals surface area contributed by atoms with Gasteiger partial charge in [0, 0.05) is 18.5 Å². The van der Waals surface area contributed by atoms with E-state index in [0.717, 1.165) is 36.6 Å². The van der Waals surface area contributed by atoms with Gasteiger partial charge in [-0.1, -0.05) is 13.3 Å². The second-order valence-electron chi connectivity index (χ2n) is 3.87. The molecule has 0 aliphatic carbocycles. The summed E-state index contributed by atoms with van der Waals surface area (Å²) in [5.41, 5.74) is 0.857. The molecule has 17 heavy (non-hydrogen) atoms. The van der Waals surface area contributed by atoms with E-state index in [2.05, 4.69) is 11.9 Å². The van der Waals surface area contributed by atoms with Crippen molar-refractivity contribution in [1.82, 2.24) is 9.88 Å². The molecule has 0 atom stereocenters. The van der Waals surface area contributed by atoms with Gasteiger partial charge in [-0.15, -0.1) is 22.9 Å². The quantitative estimate of drug-likeness (QED) is 0.716. The number of amides is 1. The van der Waals surface area contributed by atoms with E-state index in [1.807, 2.05) is 17.2 Å². The van der Waals surface area contributed by atoms with Gasteiger partial charge < -0.3 is 4.90 Å². The number of unbranched alkanes of at least 4 members (excludes halogenated alkanes) is 1. The summed E-state index contributed by atoms with van der Waals surface area (Å²) in [5, 5.41) is 2.78. The van der Waals surface area contributed by atoms with Gasteiger partial charge in [0.1, 0.15) is 5.01 Å². The van der Waals surface area contributed by atoms with Gasteiger partial charge in [-0.25, -0.2) is 4.98 Å². The Morgan fingerprint density at radius 2 is 2.29 bits per heavy atom. The normalized spacial score (nSPS) is 10.5. The molecule has 1 rings (SSSR count). The van der Waals surface area contributed by atoms with E-state index in [9.17, 15) is 4.79 Å². The molecule has 0 spiro atoms. The maximum absolute atomic E-state index is 12.0. The van der Waals surface area contributed by atoms with E-state index >= 15 is 0 Å². The van der Waals surface area contributed by atoms with Crippen LogP contribution in [0, 0.1) is 0 Å². The molecule has 0 aliphatic rings. The fourth-order valence-corrected chi connectivity index (χ4v) is 2.55. The molecule has 96 valence electrons. The molecular formula is C12H19ClN2OS. The largest absolute Gasteiger partial charge is 0.343 e. The van der Waals surface area contributed by atoms with Crippen LogP contribution in [-0.4, -0.2) is 28.9 Å². The number of carbonyl (C=O) groups excluding carboxylic acids is 1. The molecule has 0 aromatic carbocycles. The SMILES string of the molecule is CCCCN(CC)C(=O)Cc1nc(CCl)cs1. The molecule has 0 radical (unpaired) electrons. The molecule has 1 aromatic rings. The summed E-state index contributed by atoms with van der Waals surface area (Å²) in [6, 6.07) is 0. The molecule has 0 N–H and O–H groups in total. The van der Waals surface area contributed by atoms with Crippen molar-refractivity contribution in [2.75, 3.05) is 13.1 Å². The lowest BCUT2D eigenvalue weighted by molar-refractivity contribution is -0.130. The lowest BCUT2D eigenvalue weighted by Gasteiger charge is -2.19. The van der Waals surface area contributed by atoms with Crippen LogP contribution in [-0.2, 0) is 17.1 Å². The topological polar surface area (TPSA) is 33.2 Å². The number of halogens is 1. The van der Waals surface area contributed by atoms with Crippen molar-refractivity contribution in [1.29, 1.82) is 0 Å².